The van der Waals surface area contributed by atoms with E-state index in [0.29, 0.717) is 196 Å². The molecule has 0 fully saturated rings. The first kappa shape index (κ1) is 71.9. The fraction of sp³-hybridized carbons (Fsp3) is 0.717. The summed E-state index contributed by atoms with van der Waals surface area (Å²) < 4.78 is 66.1. The molecule has 0 spiro atoms. The van der Waals surface area contributed by atoms with Crippen molar-refractivity contribution in [2.45, 2.75) is 96.7 Å². The second-order valence-electron chi connectivity index (χ2n) is 17.2. The molecule has 1 aromatic rings. The van der Waals surface area contributed by atoms with E-state index in [1.165, 1.54) is 0 Å². The average molecular weight is 1150 g/mol. The lowest BCUT2D eigenvalue weighted by Crippen LogP contribution is -2.54. The van der Waals surface area contributed by atoms with Gasteiger partial charge in [-0.25, -0.2) is 47.3 Å². The molecule has 0 radical (unpaired) electrons. The molecular formula is C53H88N6O21. The number of nitrogens with zero attached hydrogens (tertiary/aromatic N) is 3. The highest BCUT2D eigenvalue weighted by molar-refractivity contribution is 5.85. The smallest absolute Gasteiger partial charge is 0.407 e. The van der Waals surface area contributed by atoms with Gasteiger partial charge in [0.05, 0.1) is 106 Å². The standard InChI is InChI=1S/C53H88N6O21/c1-4-47(62)77-41-39-75-37-35-73-33-31-71-29-27-69-25-26-70-28-30-72-32-34-74-36-38-76-40-42-78-50(65)56-21-15-9-12-18-24-59-52(67)57(22-16-10-7-13-19-54-45(60)43-79-48(63)5-2)51(66)58(53(59)68)23-17-11-8-14-20-55-46(61)44-80-49(64)6-3/h4-6H,1-3,7-44H2,(H,54,60)(H,55,61)(H,56,65). The second kappa shape index (κ2) is 51.1. The van der Waals surface area contributed by atoms with E-state index in [9.17, 15) is 43.2 Å². The van der Waals surface area contributed by atoms with E-state index in [1.54, 1.807) is 0 Å². The maximum Gasteiger partial charge on any atom is 0.407 e. The summed E-state index contributed by atoms with van der Waals surface area (Å²) in [7, 11) is 0. The highest BCUT2D eigenvalue weighted by atomic mass is 16.6. The van der Waals surface area contributed by atoms with Gasteiger partial charge in [0.1, 0.15) is 13.2 Å². The number of hydrogen-bond acceptors (Lipinski definition) is 21. The SMILES string of the molecule is C=CC(=O)OCCOCCOCCOCCOCCOCCOCCOCCOCCOC(=O)NCCCCCCn1c(=O)n(CCCCCCNC(=O)COC(=O)C=C)c(=O)n(CCCCCCNC(=O)COC(=O)C=C)c1=O. The lowest BCUT2D eigenvalue weighted by atomic mass is 10.2. The molecule has 456 valence electrons. The Morgan fingerprint density at radius 1 is 0.325 bits per heavy atom. The van der Waals surface area contributed by atoms with Gasteiger partial charge in [0.25, 0.3) is 11.8 Å². The minimum Gasteiger partial charge on any atom is -0.460 e. The van der Waals surface area contributed by atoms with E-state index >= 15 is 0 Å². The first-order chi connectivity index (χ1) is 38.9. The highest BCUT2D eigenvalue weighted by Crippen LogP contribution is 2.04. The molecule has 0 aliphatic rings. The summed E-state index contributed by atoms with van der Waals surface area (Å²) in [6.07, 6.45) is 9.73. The summed E-state index contributed by atoms with van der Waals surface area (Å²) in [6.45, 7) is 16.8. The molecule has 0 saturated carbocycles. The largest absolute Gasteiger partial charge is 0.460 e. The fourth-order valence-electron chi connectivity index (χ4n) is 6.79. The van der Waals surface area contributed by atoms with Crippen molar-refractivity contribution in [3.63, 3.8) is 0 Å². The van der Waals surface area contributed by atoms with Crippen LogP contribution in [0.1, 0.15) is 77.0 Å². The molecule has 0 aliphatic heterocycles. The van der Waals surface area contributed by atoms with Gasteiger partial charge >= 0.3 is 41.1 Å². The molecule has 1 rings (SSSR count). The molecule has 3 N–H and O–H groups in total. The van der Waals surface area contributed by atoms with Crippen LogP contribution in [0, 0.1) is 0 Å². The van der Waals surface area contributed by atoms with Gasteiger partial charge in [0.2, 0.25) is 0 Å². The average Bonchev–Trinajstić information content (AvgIpc) is 3.45. The topological polar surface area (TPSA) is 315 Å². The van der Waals surface area contributed by atoms with Crippen LogP contribution < -0.4 is 33.0 Å². The Kier molecular flexibility index (Phi) is 46.0. The Morgan fingerprint density at radius 3 is 0.875 bits per heavy atom. The first-order valence-electron chi connectivity index (χ1n) is 27.3. The van der Waals surface area contributed by atoms with Gasteiger partial charge in [-0.3, -0.25) is 9.59 Å². The lowest BCUT2D eigenvalue weighted by Gasteiger charge is -2.14. The molecule has 0 aliphatic carbocycles. The number of hydrogen-bond donors (Lipinski definition) is 3. The molecule has 0 bridgehead atoms. The molecule has 1 heterocycles. The van der Waals surface area contributed by atoms with Gasteiger partial charge in [-0.15, -0.1) is 0 Å². The van der Waals surface area contributed by atoms with Crippen LogP contribution in [-0.4, -0.2) is 201 Å². The molecule has 0 aromatic carbocycles. The molecule has 0 atom stereocenters. The zero-order valence-corrected chi connectivity index (χ0v) is 46.6. The highest BCUT2D eigenvalue weighted by Gasteiger charge is 2.16. The van der Waals surface area contributed by atoms with Crippen LogP contribution >= 0.6 is 0 Å². The van der Waals surface area contributed by atoms with Crippen LogP contribution in [0.4, 0.5) is 4.79 Å². The monoisotopic (exact) mass is 1140 g/mol. The summed E-state index contributed by atoms with van der Waals surface area (Å²) in [5.74, 6) is -2.76. The summed E-state index contributed by atoms with van der Waals surface area (Å²) >= 11 is 0. The molecule has 0 unspecified atom stereocenters. The number of carbonyl (C=O) groups excluding carboxylic acids is 6. The van der Waals surface area contributed by atoms with Gasteiger partial charge < -0.3 is 72.8 Å². The van der Waals surface area contributed by atoms with Crippen molar-refractivity contribution < 1.29 is 85.6 Å². The molecule has 27 heteroatoms. The zero-order chi connectivity index (χ0) is 58.5. The number of aromatic nitrogens is 3. The van der Waals surface area contributed by atoms with Crippen molar-refractivity contribution in [1.29, 1.82) is 0 Å². The fourth-order valence-corrected chi connectivity index (χ4v) is 6.79. The number of carbonyl (C=O) groups is 6. The van der Waals surface area contributed by atoms with Crippen molar-refractivity contribution in [2.24, 2.45) is 0 Å². The van der Waals surface area contributed by atoms with E-state index in [1.807, 2.05) is 0 Å². The Hall–Kier alpha value is -6.07. The van der Waals surface area contributed by atoms with Crippen LogP contribution in [0.3, 0.4) is 0 Å². The van der Waals surface area contributed by atoms with Crippen LogP contribution in [-0.2, 0) is 100 Å². The van der Waals surface area contributed by atoms with Gasteiger partial charge in [0.15, 0.2) is 13.2 Å². The Morgan fingerprint density at radius 2 is 0.575 bits per heavy atom. The number of ether oxygens (including phenoxy) is 12. The number of nitrogens with one attached hydrogen (secondary N) is 3. The number of rotatable bonds is 55. The van der Waals surface area contributed by atoms with Gasteiger partial charge in [-0.2, -0.15) is 0 Å². The van der Waals surface area contributed by atoms with Crippen molar-refractivity contribution in [3.05, 3.63) is 69.4 Å². The van der Waals surface area contributed by atoms with Crippen molar-refractivity contribution in [2.75, 3.05) is 152 Å². The van der Waals surface area contributed by atoms with Crippen LogP contribution in [0.2, 0.25) is 0 Å². The minimum absolute atomic E-state index is 0.0610. The maximum atomic E-state index is 13.6. The second-order valence-corrected chi connectivity index (χ2v) is 17.2. The van der Waals surface area contributed by atoms with E-state index < -0.39 is 66.1 Å². The molecule has 1 aromatic heterocycles. The third kappa shape index (κ3) is 40.2. The minimum atomic E-state index is -0.697. The number of unbranched alkanes of at least 4 members (excludes halogenated alkanes) is 9. The summed E-state index contributed by atoms with van der Waals surface area (Å²) in [4.78, 5) is 110. The van der Waals surface area contributed by atoms with Crippen LogP contribution in [0.5, 0.6) is 0 Å². The normalized spacial score (nSPS) is 10.9. The third-order valence-corrected chi connectivity index (χ3v) is 11.0. The molecule has 3 amide bonds. The number of esters is 3. The van der Waals surface area contributed by atoms with E-state index in [4.69, 9.17) is 56.8 Å². The first-order valence-corrected chi connectivity index (χ1v) is 27.3. The Balaban J connectivity index is 2.24. The molecular weight excluding hydrogens is 1060 g/mol. The van der Waals surface area contributed by atoms with Gasteiger partial charge in [-0.05, 0) is 38.5 Å². The van der Waals surface area contributed by atoms with Gasteiger partial charge in [0, 0.05) is 57.5 Å². The van der Waals surface area contributed by atoms with Crippen LogP contribution in [0.25, 0.3) is 0 Å². The molecule has 0 saturated heterocycles. The maximum absolute atomic E-state index is 13.6. The zero-order valence-electron chi connectivity index (χ0n) is 46.6. The van der Waals surface area contributed by atoms with Crippen molar-refractivity contribution >= 4 is 35.8 Å². The lowest BCUT2D eigenvalue weighted by molar-refractivity contribution is -0.143. The molecule has 27 nitrogen and oxygen atoms in total. The van der Waals surface area contributed by atoms with Gasteiger partial charge in [-0.1, -0.05) is 58.3 Å². The predicted molar refractivity (Wildman–Crippen MR) is 290 cm³/mol. The van der Waals surface area contributed by atoms with Crippen molar-refractivity contribution in [1.82, 2.24) is 29.7 Å². The van der Waals surface area contributed by atoms with E-state index in [-0.39, 0.29) is 39.5 Å². The molecule has 80 heavy (non-hydrogen) atoms. The van der Waals surface area contributed by atoms with Crippen LogP contribution in [0.15, 0.2) is 52.3 Å². The quantitative estimate of drug-likeness (QED) is 0.0356. The number of amides is 3. The summed E-state index contributed by atoms with van der Waals surface area (Å²) in [6, 6.07) is 0. The Bertz CT molecular complexity index is 1990. The van der Waals surface area contributed by atoms with E-state index in [0.717, 1.165) is 31.9 Å². The number of alkyl carbamates (subject to hydrolysis) is 1. The van der Waals surface area contributed by atoms with E-state index in [2.05, 4.69) is 35.7 Å². The summed E-state index contributed by atoms with van der Waals surface area (Å²) in [5, 5.41) is 8.00. The summed E-state index contributed by atoms with van der Waals surface area (Å²) in [5.41, 5.74) is -2.05. The third-order valence-electron chi connectivity index (χ3n) is 11.0. The Labute approximate surface area is 467 Å². The predicted octanol–water partition coefficient (Wildman–Crippen LogP) is 1.13. The van der Waals surface area contributed by atoms with Crippen molar-refractivity contribution in [3.8, 4) is 0 Å².